The minimum absolute atomic E-state index is 0.0929. The molecule has 1 N–H and O–H groups in total. The van der Waals surface area contributed by atoms with Gasteiger partial charge in [0.25, 0.3) is 11.6 Å². The molecule has 0 bridgehead atoms. The number of carbonyl (C=O) groups is 1. The summed E-state index contributed by atoms with van der Waals surface area (Å²) in [6.45, 7) is 1.55. The predicted octanol–water partition coefficient (Wildman–Crippen LogP) is 2.85. The predicted molar refractivity (Wildman–Crippen MR) is 96.7 cm³/mol. The first-order chi connectivity index (χ1) is 12.5. The number of hydrogen-bond acceptors (Lipinski definition) is 7. The average molecular weight is 370 g/mol. The molecule has 10 heteroatoms. The fourth-order valence-corrected chi connectivity index (χ4v) is 2.88. The summed E-state index contributed by atoms with van der Waals surface area (Å²) in [4.78, 5) is 23.1. The molecule has 0 spiro atoms. The first-order valence-corrected chi connectivity index (χ1v) is 8.72. The summed E-state index contributed by atoms with van der Waals surface area (Å²) in [7, 11) is 0. The number of nitrogens with zero attached hydrogens (tertiary/aromatic N) is 5. The molecular formula is C16H14N6O3S. The van der Waals surface area contributed by atoms with Crippen molar-refractivity contribution in [2.75, 3.05) is 11.6 Å². The first kappa shape index (κ1) is 17.5. The van der Waals surface area contributed by atoms with Crippen LogP contribution in [-0.2, 0) is 0 Å². The minimum Gasteiger partial charge on any atom is -0.322 e. The summed E-state index contributed by atoms with van der Waals surface area (Å²) < 4.78 is 1.55. The van der Waals surface area contributed by atoms with Gasteiger partial charge in [-0.2, -0.15) is 4.68 Å². The van der Waals surface area contributed by atoms with Crippen LogP contribution in [0.1, 0.15) is 15.9 Å². The Morgan fingerprint density at radius 2 is 2.04 bits per heavy atom. The zero-order valence-corrected chi connectivity index (χ0v) is 14.7. The molecule has 0 unspecified atom stereocenters. The van der Waals surface area contributed by atoms with Gasteiger partial charge in [-0.25, -0.2) is 0 Å². The van der Waals surface area contributed by atoms with E-state index in [1.165, 1.54) is 23.9 Å². The van der Waals surface area contributed by atoms with Gasteiger partial charge in [0.2, 0.25) is 5.16 Å². The maximum Gasteiger partial charge on any atom is 0.273 e. The van der Waals surface area contributed by atoms with Crippen LogP contribution in [0.3, 0.4) is 0 Å². The van der Waals surface area contributed by atoms with Crippen LogP contribution in [0.4, 0.5) is 11.4 Å². The van der Waals surface area contributed by atoms with Crippen LogP contribution in [-0.4, -0.2) is 37.3 Å². The number of rotatable bonds is 5. The molecule has 9 nitrogen and oxygen atoms in total. The largest absolute Gasteiger partial charge is 0.322 e. The number of aromatic nitrogens is 4. The fourth-order valence-electron chi connectivity index (χ4n) is 2.45. The molecule has 0 atom stereocenters. The number of amides is 1. The van der Waals surface area contributed by atoms with E-state index in [-0.39, 0.29) is 11.3 Å². The molecular weight excluding hydrogens is 356 g/mol. The van der Waals surface area contributed by atoms with E-state index in [9.17, 15) is 14.9 Å². The second-order valence-corrected chi connectivity index (χ2v) is 6.06. The highest BCUT2D eigenvalue weighted by Gasteiger charge is 2.18. The summed E-state index contributed by atoms with van der Waals surface area (Å²) in [5.41, 5.74) is 1.69. The SMILES string of the molecule is CSc1nnnn1-c1cccc(NC(=O)c2cccc([N+](=O)[O-])c2C)c1. The normalized spacial score (nSPS) is 10.5. The molecule has 26 heavy (non-hydrogen) atoms. The Morgan fingerprint density at radius 3 is 2.77 bits per heavy atom. The van der Waals surface area contributed by atoms with E-state index in [2.05, 4.69) is 20.8 Å². The van der Waals surface area contributed by atoms with E-state index in [4.69, 9.17) is 0 Å². The van der Waals surface area contributed by atoms with Crippen LogP contribution in [0.2, 0.25) is 0 Å². The highest BCUT2D eigenvalue weighted by molar-refractivity contribution is 7.98. The third-order valence-electron chi connectivity index (χ3n) is 3.72. The molecule has 1 heterocycles. The van der Waals surface area contributed by atoms with Crippen LogP contribution >= 0.6 is 11.8 Å². The lowest BCUT2D eigenvalue weighted by Gasteiger charge is -2.09. The van der Waals surface area contributed by atoms with Crippen LogP contribution < -0.4 is 5.32 Å². The van der Waals surface area contributed by atoms with Gasteiger partial charge in [0.05, 0.1) is 10.6 Å². The minimum atomic E-state index is -0.506. The van der Waals surface area contributed by atoms with Crippen LogP contribution in [0, 0.1) is 17.0 Å². The molecule has 1 amide bonds. The highest BCUT2D eigenvalue weighted by atomic mass is 32.2. The zero-order valence-electron chi connectivity index (χ0n) is 13.9. The lowest BCUT2D eigenvalue weighted by molar-refractivity contribution is -0.385. The molecule has 0 aliphatic rings. The molecule has 0 radical (unpaired) electrons. The molecule has 0 aliphatic heterocycles. The van der Waals surface area contributed by atoms with E-state index < -0.39 is 10.8 Å². The number of tetrazole rings is 1. The molecule has 3 aromatic rings. The van der Waals surface area contributed by atoms with E-state index in [1.54, 1.807) is 35.9 Å². The van der Waals surface area contributed by atoms with E-state index in [1.807, 2.05) is 12.3 Å². The van der Waals surface area contributed by atoms with Crippen LogP contribution in [0.25, 0.3) is 5.69 Å². The van der Waals surface area contributed by atoms with E-state index in [0.29, 0.717) is 22.1 Å². The second-order valence-electron chi connectivity index (χ2n) is 5.29. The number of nitro groups is 1. The molecule has 3 rings (SSSR count). The molecule has 0 saturated carbocycles. The Bertz CT molecular complexity index is 988. The van der Waals surface area contributed by atoms with Gasteiger partial charge in [-0.3, -0.25) is 14.9 Å². The summed E-state index contributed by atoms with van der Waals surface area (Å²) in [5.74, 6) is -0.426. The van der Waals surface area contributed by atoms with Crippen molar-refractivity contribution >= 4 is 29.0 Å². The number of carbonyl (C=O) groups excluding carboxylic acids is 1. The Morgan fingerprint density at radius 1 is 1.27 bits per heavy atom. The number of nitro benzene ring substituents is 1. The molecule has 0 fully saturated rings. The quantitative estimate of drug-likeness (QED) is 0.417. The van der Waals surface area contributed by atoms with Gasteiger partial charge in [0, 0.05) is 22.9 Å². The van der Waals surface area contributed by atoms with Crippen molar-refractivity contribution in [2.24, 2.45) is 0 Å². The van der Waals surface area contributed by atoms with Crippen molar-refractivity contribution in [1.82, 2.24) is 20.2 Å². The van der Waals surface area contributed by atoms with Gasteiger partial charge in [-0.1, -0.05) is 23.9 Å². The first-order valence-electron chi connectivity index (χ1n) is 7.49. The Labute approximate surface area is 152 Å². The van der Waals surface area contributed by atoms with Gasteiger partial charge < -0.3 is 5.32 Å². The van der Waals surface area contributed by atoms with Gasteiger partial charge in [-0.15, -0.1) is 5.10 Å². The van der Waals surface area contributed by atoms with Gasteiger partial charge >= 0.3 is 0 Å². The van der Waals surface area contributed by atoms with Gasteiger partial charge in [-0.05, 0) is 47.9 Å². The molecule has 132 valence electrons. The second kappa shape index (κ2) is 7.31. The van der Waals surface area contributed by atoms with Crippen molar-refractivity contribution < 1.29 is 9.72 Å². The van der Waals surface area contributed by atoms with Crippen molar-refractivity contribution in [3.8, 4) is 5.69 Å². The lowest BCUT2D eigenvalue weighted by Crippen LogP contribution is -2.14. The fraction of sp³-hybridized carbons (Fsp3) is 0.125. The lowest BCUT2D eigenvalue weighted by atomic mass is 10.1. The van der Waals surface area contributed by atoms with Crippen molar-refractivity contribution in [2.45, 2.75) is 12.1 Å². The monoisotopic (exact) mass is 370 g/mol. The number of nitrogens with one attached hydrogen (secondary N) is 1. The average Bonchev–Trinajstić information content (AvgIpc) is 3.10. The Balaban J connectivity index is 1.88. The summed E-state index contributed by atoms with van der Waals surface area (Å²) >= 11 is 1.40. The molecule has 2 aromatic carbocycles. The van der Waals surface area contributed by atoms with Gasteiger partial charge in [0.15, 0.2) is 0 Å². The molecule has 0 saturated heterocycles. The standard InChI is InChI=1S/C16H14N6O3S/c1-10-13(7-4-8-14(10)22(24)25)15(23)17-11-5-3-6-12(9-11)21-16(26-2)18-19-20-21/h3-9H,1-2H3,(H,17,23). The third-order valence-corrected chi connectivity index (χ3v) is 4.34. The Kier molecular flexibility index (Phi) is 4.94. The maximum atomic E-state index is 12.5. The maximum absolute atomic E-state index is 12.5. The molecule has 1 aromatic heterocycles. The smallest absolute Gasteiger partial charge is 0.273 e. The summed E-state index contributed by atoms with van der Waals surface area (Å²) in [6, 6.07) is 11.4. The third kappa shape index (κ3) is 3.40. The topological polar surface area (TPSA) is 116 Å². The van der Waals surface area contributed by atoms with E-state index in [0.717, 1.165) is 0 Å². The van der Waals surface area contributed by atoms with Crippen LogP contribution in [0.5, 0.6) is 0 Å². The van der Waals surface area contributed by atoms with Crippen LogP contribution in [0.15, 0.2) is 47.6 Å². The summed E-state index contributed by atoms with van der Waals surface area (Å²) in [5, 5.41) is 25.9. The summed E-state index contributed by atoms with van der Waals surface area (Å²) in [6.07, 6.45) is 1.86. The van der Waals surface area contributed by atoms with E-state index >= 15 is 0 Å². The number of hydrogen-bond donors (Lipinski definition) is 1. The van der Waals surface area contributed by atoms with Crippen molar-refractivity contribution in [3.63, 3.8) is 0 Å². The number of benzene rings is 2. The van der Waals surface area contributed by atoms with Gasteiger partial charge in [0.1, 0.15) is 0 Å². The number of anilines is 1. The van der Waals surface area contributed by atoms with Crippen molar-refractivity contribution in [1.29, 1.82) is 0 Å². The zero-order chi connectivity index (χ0) is 18.7. The Hall–Kier alpha value is -3.27. The van der Waals surface area contributed by atoms with Crippen molar-refractivity contribution in [3.05, 3.63) is 63.7 Å². The highest BCUT2D eigenvalue weighted by Crippen LogP contribution is 2.23. The molecule has 0 aliphatic carbocycles. The number of thioether (sulfide) groups is 1.